The number of sulfonamides is 1. The molecule has 1 aliphatic carbocycles. The van der Waals surface area contributed by atoms with Gasteiger partial charge in [-0.2, -0.15) is 25.5 Å². The number of rotatable bonds is 6. The number of hydrogen-bond acceptors (Lipinski definition) is 4. The zero-order valence-electron chi connectivity index (χ0n) is 18.0. The summed E-state index contributed by atoms with van der Waals surface area (Å²) < 4.78 is 70.7. The molecule has 33 heavy (non-hydrogen) atoms. The van der Waals surface area contributed by atoms with E-state index in [0.717, 1.165) is 19.3 Å². The number of nitrogens with zero attached hydrogens (tertiary/aromatic N) is 1. The normalized spacial score (nSPS) is 20.8. The van der Waals surface area contributed by atoms with Crippen LogP contribution in [0.2, 0.25) is 0 Å². The number of halogens is 3. The van der Waals surface area contributed by atoms with Gasteiger partial charge in [0.25, 0.3) is 0 Å². The fraction of sp³-hybridized carbons (Fsp3) is 0.333. The summed E-state index contributed by atoms with van der Waals surface area (Å²) in [7, 11) is -4.73. The smallest absolute Gasteiger partial charge is 0.408 e. The van der Waals surface area contributed by atoms with E-state index in [0.29, 0.717) is 11.5 Å². The number of benzene rings is 2. The minimum Gasteiger partial charge on any atom is -0.457 e. The van der Waals surface area contributed by atoms with Gasteiger partial charge in [0.15, 0.2) is 11.4 Å². The summed E-state index contributed by atoms with van der Waals surface area (Å²) in [5.74, 6) is -0.814. The second-order valence-electron chi connectivity index (χ2n) is 8.29. The standard InChI is InChI=1S/C24H26F3N2O3S/c25-24(26,27)17-33(30,31)29(14-4-3-7-21(29)16-28)20-9-12-22(13-10-20)32-23-11-8-18-5-1-2-6-19(18)15-23/h3-4,7-13,15H,1-2,5-6,14,16-17,28H2/q+1. The first-order chi connectivity index (χ1) is 15.6. The van der Waals surface area contributed by atoms with Crippen molar-refractivity contribution in [1.29, 1.82) is 0 Å². The molecular formula is C24H26F3N2O3S+. The summed E-state index contributed by atoms with van der Waals surface area (Å²) in [5, 5.41) is 0. The molecule has 0 amide bonds. The molecule has 9 heteroatoms. The molecule has 1 heterocycles. The summed E-state index contributed by atoms with van der Waals surface area (Å²) in [6.07, 6.45) is 4.12. The maximum absolute atomic E-state index is 13.2. The number of ether oxygens (including phenoxy) is 1. The third kappa shape index (κ3) is 4.71. The Bertz CT molecular complexity index is 1190. The highest BCUT2D eigenvalue weighted by atomic mass is 32.2. The van der Waals surface area contributed by atoms with Gasteiger partial charge in [-0.15, -0.1) is 0 Å². The minimum atomic E-state index is -4.87. The van der Waals surface area contributed by atoms with Gasteiger partial charge in [0.2, 0.25) is 0 Å². The predicted octanol–water partition coefficient (Wildman–Crippen LogP) is 4.97. The molecule has 2 aliphatic rings. The highest BCUT2D eigenvalue weighted by Crippen LogP contribution is 2.39. The maximum atomic E-state index is 13.2. The van der Waals surface area contributed by atoms with E-state index in [9.17, 15) is 21.6 Å². The van der Waals surface area contributed by atoms with Gasteiger partial charge in [0.05, 0.1) is 6.54 Å². The Labute approximate surface area is 191 Å². The highest BCUT2D eigenvalue weighted by molar-refractivity contribution is 7.91. The zero-order valence-corrected chi connectivity index (χ0v) is 18.8. The van der Waals surface area contributed by atoms with E-state index in [4.69, 9.17) is 10.5 Å². The van der Waals surface area contributed by atoms with E-state index in [1.54, 1.807) is 18.2 Å². The largest absolute Gasteiger partial charge is 0.457 e. The lowest BCUT2D eigenvalue weighted by molar-refractivity contribution is -0.106. The molecular weight excluding hydrogens is 453 g/mol. The van der Waals surface area contributed by atoms with Gasteiger partial charge in [-0.1, -0.05) is 12.1 Å². The lowest BCUT2D eigenvalue weighted by Gasteiger charge is -2.38. The summed E-state index contributed by atoms with van der Waals surface area (Å²) in [4.78, 5) is 0. The Hall–Kier alpha value is -2.62. The quantitative estimate of drug-likeness (QED) is 0.594. The molecule has 0 saturated carbocycles. The molecule has 1 aliphatic heterocycles. The van der Waals surface area contributed by atoms with E-state index >= 15 is 0 Å². The summed E-state index contributed by atoms with van der Waals surface area (Å²) in [5.41, 5.74) is 8.71. The molecule has 5 nitrogen and oxygen atoms in total. The summed E-state index contributed by atoms with van der Waals surface area (Å²) >= 11 is 0. The van der Waals surface area contributed by atoms with Crippen LogP contribution in [-0.2, 0) is 22.9 Å². The van der Waals surface area contributed by atoms with Crippen LogP contribution in [0.5, 0.6) is 11.5 Å². The van der Waals surface area contributed by atoms with Gasteiger partial charge in [-0.25, -0.2) is 0 Å². The van der Waals surface area contributed by atoms with E-state index < -0.39 is 25.8 Å². The van der Waals surface area contributed by atoms with Crippen molar-refractivity contribution in [2.24, 2.45) is 5.73 Å². The molecule has 4 rings (SSSR count). The number of alkyl halides is 3. The Morgan fingerprint density at radius 2 is 1.64 bits per heavy atom. The van der Waals surface area contributed by atoms with Gasteiger partial charge < -0.3 is 10.5 Å². The lowest BCUT2D eigenvalue weighted by Crippen LogP contribution is -2.58. The van der Waals surface area contributed by atoms with Crippen molar-refractivity contribution >= 4 is 15.7 Å². The molecule has 1 unspecified atom stereocenters. The number of hydrogen-bond donors (Lipinski definition) is 1. The monoisotopic (exact) mass is 479 g/mol. The molecule has 0 radical (unpaired) electrons. The van der Waals surface area contributed by atoms with Crippen molar-refractivity contribution in [1.82, 2.24) is 3.89 Å². The Morgan fingerprint density at radius 3 is 2.30 bits per heavy atom. The van der Waals surface area contributed by atoms with E-state index in [2.05, 4.69) is 6.07 Å². The first kappa shape index (κ1) is 23.5. The summed E-state index contributed by atoms with van der Waals surface area (Å²) in [6.45, 7) is -0.374. The van der Waals surface area contributed by atoms with Gasteiger partial charge in [-0.05, 0) is 73.2 Å². The van der Waals surface area contributed by atoms with Crippen LogP contribution >= 0.6 is 0 Å². The van der Waals surface area contributed by atoms with Crippen molar-refractivity contribution in [2.45, 2.75) is 31.9 Å². The molecule has 2 N–H and O–H groups in total. The number of aryl methyl sites for hydroxylation is 2. The van der Waals surface area contributed by atoms with Crippen LogP contribution in [0.4, 0.5) is 18.9 Å². The van der Waals surface area contributed by atoms with Gasteiger partial charge in [0.1, 0.15) is 23.7 Å². The van der Waals surface area contributed by atoms with Crippen LogP contribution in [0.1, 0.15) is 24.0 Å². The van der Waals surface area contributed by atoms with Gasteiger partial charge >= 0.3 is 16.2 Å². The Balaban J connectivity index is 1.67. The van der Waals surface area contributed by atoms with Crippen molar-refractivity contribution in [3.8, 4) is 11.5 Å². The van der Waals surface area contributed by atoms with Gasteiger partial charge in [0, 0.05) is 12.1 Å². The fourth-order valence-electron chi connectivity index (χ4n) is 4.55. The molecule has 2 aromatic carbocycles. The molecule has 0 spiro atoms. The molecule has 176 valence electrons. The van der Waals surface area contributed by atoms with Crippen LogP contribution in [0, 0.1) is 0 Å². The Morgan fingerprint density at radius 1 is 0.970 bits per heavy atom. The van der Waals surface area contributed by atoms with Crippen molar-refractivity contribution < 1.29 is 26.3 Å². The fourth-order valence-corrected chi connectivity index (χ4v) is 6.43. The van der Waals surface area contributed by atoms with E-state index in [1.165, 1.54) is 41.8 Å². The van der Waals surface area contributed by atoms with Crippen molar-refractivity contribution in [3.05, 3.63) is 77.5 Å². The summed E-state index contributed by atoms with van der Waals surface area (Å²) in [6, 6.07) is 12.1. The first-order valence-electron chi connectivity index (χ1n) is 10.8. The van der Waals surface area contributed by atoms with Crippen molar-refractivity contribution in [2.75, 3.05) is 18.8 Å². The molecule has 2 aromatic rings. The third-order valence-corrected chi connectivity index (χ3v) is 8.33. The minimum absolute atomic E-state index is 0.171. The molecule has 0 bridgehead atoms. The third-order valence-electron chi connectivity index (χ3n) is 6.09. The van der Waals surface area contributed by atoms with Crippen molar-refractivity contribution in [3.63, 3.8) is 0 Å². The average molecular weight is 480 g/mol. The molecule has 0 saturated heterocycles. The molecule has 1 atom stereocenters. The average Bonchev–Trinajstić information content (AvgIpc) is 2.77. The number of quaternary nitrogens is 1. The van der Waals surface area contributed by atoms with E-state index in [-0.39, 0.29) is 24.5 Å². The maximum Gasteiger partial charge on any atom is 0.408 e. The van der Waals surface area contributed by atoms with E-state index in [1.807, 2.05) is 12.1 Å². The van der Waals surface area contributed by atoms with Crippen LogP contribution < -0.4 is 14.4 Å². The van der Waals surface area contributed by atoms with Gasteiger partial charge in [-0.3, -0.25) is 0 Å². The van der Waals surface area contributed by atoms with Crippen LogP contribution in [0.15, 0.2) is 66.4 Å². The first-order valence-corrected chi connectivity index (χ1v) is 12.4. The molecule has 0 fully saturated rings. The zero-order chi connectivity index (χ0) is 23.7. The number of allylic oxidation sites excluding steroid dienone is 2. The highest BCUT2D eigenvalue weighted by Gasteiger charge is 2.52. The van der Waals surface area contributed by atoms with Crippen LogP contribution in [0.25, 0.3) is 0 Å². The SMILES string of the molecule is NCC1=CC=CC[N+]1(c1ccc(Oc2ccc3c(c2)CCCC3)cc1)S(=O)(=O)CC(F)(F)F. The second-order valence-corrected chi connectivity index (χ2v) is 10.4. The number of fused-ring (bicyclic) bond motifs is 1. The second kappa shape index (κ2) is 8.96. The van der Waals surface area contributed by atoms with Crippen LogP contribution in [-0.4, -0.2) is 33.4 Å². The topological polar surface area (TPSA) is 69.4 Å². The number of nitrogens with two attached hydrogens (primary N) is 1. The Kier molecular flexibility index (Phi) is 6.39. The lowest BCUT2D eigenvalue weighted by atomic mass is 9.92. The molecule has 0 aromatic heterocycles. The van der Waals surface area contributed by atoms with Crippen LogP contribution in [0.3, 0.4) is 0 Å². The predicted molar refractivity (Wildman–Crippen MR) is 122 cm³/mol.